The Morgan fingerprint density at radius 2 is 2.14 bits per heavy atom. The highest BCUT2D eigenvalue weighted by Gasteiger charge is 2.33. The van der Waals surface area contributed by atoms with Gasteiger partial charge in [0.2, 0.25) is 0 Å². The predicted octanol–water partition coefficient (Wildman–Crippen LogP) is 3.92. The lowest BCUT2D eigenvalue weighted by atomic mass is 9.82. The van der Waals surface area contributed by atoms with Crippen LogP contribution in [0, 0.1) is 5.92 Å². The molecule has 0 aromatic carbocycles. The first kappa shape index (κ1) is 15.5. The zero-order valence-corrected chi connectivity index (χ0v) is 14.2. The van der Waals surface area contributed by atoms with E-state index in [1.54, 1.807) is 0 Å². The van der Waals surface area contributed by atoms with Crippen LogP contribution >= 0.6 is 11.3 Å². The Morgan fingerprint density at radius 3 is 2.86 bits per heavy atom. The number of rotatable bonds is 5. The van der Waals surface area contributed by atoms with Crippen molar-refractivity contribution in [3.63, 3.8) is 0 Å². The van der Waals surface area contributed by atoms with Gasteiger partial charge in [0, 0.05) is 31.7 Å². The van der Waals surface area contributed by atoms with E-state index in [9.17, 15) is 0 Å². The van der Waals surface area contributed by atoms with E-state index in [-0.39, 0.29) is 0 Å². The standard InChI is InChI=1S/C18H30N2S/c1-2-17-13-20(10-8-15-9-11-21-14-15)18(12-19-17)16-6-4-3-5-7-16/h9,11,14,16-19H,2-8,10,12-13H2,1H3. The van der Waals surface area contributed by atoms with Crippen molar-refractivity contribution < 1.29 is 0 Å². The maximum atomic E-state index is 3.80. The minimum Gasteiger partial charge on any atom is -0.311 e. The van der Waals surface area contributed by atoms with Crippen LogP contribution < -0.4 is 5.32 Å². The van der Waals surface area contributed by atoms with E-state index < -0.39 is 0 Å². The molecule has 118 valence electrons. The van der Waals surface area contributed by atoms with Crippen molar-refractivity contribution in [1.29, 1.82) is 0 Å². The molecular formula is C18H30N2S. The topological polar surface area (TPSA) is 15.3 Å². The minimum absolute atomic E-state index is 0.701. The molecule has 1 saturated carbocycles. The van der Waals surface area contributed by atoms with Crippen molar-refractivity contribution in [3.05, 3.63) is 22.4 Å². The first-order valence-electron chi connectivity index (χ1n) is 8.85. The van der Waals surface area contributed by atoms with Gasteiger partial charge in [-0.2, -0.15) is 11.3 Å². The molecule has 0 amide bonds. The van der Waals surface area contributed by atoms with Gasteiger partial charge in [0.25, 0.3) is 0 Å². The SMILES string of the molecule is CCC1CN(CCc2ccsc2)C(C2CCCCC2)CN1. The van der Waals surface area contributed by atoms with E-state index in [4.69, 9.17) is 0 Å². The molecule has 1 N–H and O–H groups in total. The van der Waals surface area contributed by atoms with Crippen LogP contribution in [-0.4, -0.2) is 36.6 Å². The molecule has 2 nitrogen and oxygen atoms in total. The van der Waals surface area contributed by atoms with Crippen molar-refractivity contribution in [3.8, 4) is 0 Å². The van der Waals surface area contributed by atoms with E-state index in [1.807, 2.05) is 11.3 Å². The van der Waals surface area contributed by atoms with Gasteiger partial charge in [-0.05, 0) is 54.0 Å². The zero-order chi connectivity index (χ0) is 14.5. The Kier molecular flexibility index (Phi) is 5.73. The summed E-state index contributed by atoms with van der Waals surface area (Å²) < 4.78 is 0. The second kappa shape index (κ2) is 7.75. The highest BCUT2D eigenvalue weighted by Crippen LogP contribution is 2.30. The Morgan fingerprint density at radius 1 is 1.29 bits per heavy atom. The lowest BCUT2D eigenvalue weighted by Gasteiger charge is -2.45. The molecule has 2 heterocycles. The van der Waals surface area contributed by atoms with E-state index >= 15 is 0 Å². The summed E-state index contributed by atoms with van der Waals surface area (Å²) in [5.74, 6) is 0.937. The molecule has 0 spiro atoms. The van der Waals surface area contributed by atoms with Gasteiger partial charge in [-0.3, -0.25) is 4.90 Å². The lowest BCUT2D eigenvalue weighted by Crippen LogP contribution is -2.59. The molecule has 1 aromatic rings. The molecule has 2 unspecified atom stereocenters. The average molecular weight is 307 g/mol. The fourth-order valence-electron chi connectivity index (χ4n) is 4.12. The molecule has 1 aromatic heterocycles. The molecule has 0 radical (unpaired) electrons. The Hall–Kier alpha value is -0.380. The van der Waals surface area contributed by atoms with Crippen LogP contribution in [0.25, 0.3) is 0 Å². The van der Waals surface area contributed by atoms with Gasteiger partial charge < -0.3 is 5.32 Å². The normalized spacial score (nSPS) is 28.8. The van der Waals surface area contributed by atoms with Crippen LogP contribution in [0.1, 0.15) is 51.0 Å². The number of hydrogen-bond acceptors (Lipinski definition) is 3. The molecule has 1 aliphatic heterocycles. The molecular weight excluding hydrogens is 276 g/mol. The highest BCUT2D eigenvalue weighted by atomic mass is 32.1. The maximum Gasteiger partial charge on any atom is 0.0249 e. The summed E-state index contributed by atoms with van der Waals surface area (Å²) in [5, 5.41) is 8.32. The smallest absolute Gasteiger partial charge is 0.0249 e. The van der Waals surface area contributed by atoms with Gasteiger partial charge >= 0.3 is 0 Å². The number of piperazine rings is 1. The zero-order valence-electron chi connectivity index (χ0n) is 13.4. The van der Waals surface area contributed by atoms with E-state index in [0.29, 0.717) is 6.04 Å². The Labute approximate surface area is 133 Å². The molecule has 21 heavy (non-hydrogen) atoms. The monoisotopic (exact) mass is 306 g/mol. The van der Waals surface area contributed by atoms with Crippen LogP contribution in [0.3, 0.4) is 0 Å². The number of hydrogen-bond donors (Lipinski definition) is 1. The first-order chi connectivity index (χ1) is 10.4. The molecule has 2 atom stereocenters. The minimum atomic E-state index is 0.701. The summed E-state index contributed by atoms with van der Waals surface area (Å²) >= 11 is 1.83. The third-order valence-corrected chi connectivity index (χ3v) is 6.23. The van der Waals surface area contributed by atoms with Crippen molar-refractivity contribution in [2.45, 2.75) is 64.0 Å². The fourth-order valence-corrected chi connectivity index (χ4v) is 4.82. The van der Waals surface area contributed by atoms with Gasteiger partial charge in [-0.1, -0.05) is 26.2 Å². The highest BCUT2D eigenvalue weighted by molar-refractivity contribution is 7.07. The van der Waals surface area contributed by atoms with E-state index in [1.165, 1.54) is 70.1 Å². The van der Waals surface area contributed by atoms with Crippen LogP contribution in [0.5, 0.6) is 0 Å². The summed E-state index contributed by atoms with van der Waals surface area (Å²) in [4.78, 5) is 2.82. The summed E-state index contributed by atoms with van der Waals surface area (Å²) in [6.07, 6.45) is 9.77. The van der Waals surface area contributed by atoms with Gasteiger partial charge in [-0.25, -0.2) is 0 Å². The summed E-state index contributed by atoms with van der Waals surface area (Å²) in [7, 11) is 0. The number of thiophene rings is 1. The second-order valence-corrected chi connectivity index (χ2v) is 7.64. The van der Waals surface area contributed by atoms with Crippen molar-refractivity contribution in [2.24, 2.45) is 5.92 Å². The lowest BCUT2D eigenvalue weighted by molar-refractivity contribution is 0.0720. The first-order valence-corrected chi connectivity index (χ1v) is 9.79. The van der Waals surface area contributed by atoms with Crippen LogP contribution in [0.4, 0.5) is 0 Å². The quantitative estimate of drug-likeness (QED) is 0.887. The summed E-state index contributed by atoms with van der Waals surface area (Å²) in [6.45, 7) is 6.03. The molecule has 1 aliphatic carbocycles. The Bertz CT molecular complexity index is 397. The number of nitrogens with zero attached hydrogens (tertiary/aromatic N) is 1. The van der Waals surface area contributed by atoms with Crippen LogP contribution in [0.15, 0.2) is 16.8 Å². The molecule has 3 rings (SSSR count). The fraction of sp³-hybridized carbons (Fsp3) is 0.778. The molecule has 1 saturated heterocycles. The van der Waals surface area contributed by atoms with Crippen molar-refractivity contribution in [1.82, 2.24) is 10.2 Å². The predicted molar refractivity (Wildman–Crippen MR) is 92.0 cm³/mol. The average Bonchev–Trinajstić information content (AvgIpc) is 3.07. The van der Waals surface area contributed by atoms with Gasteiger partial charge in [-0.15, -0.1) is 0 Å². The van der Waals surface area contributed by atoms with E-state index in [2.05, 4.69) is 34.0 Å². The Balaban J connectivity index is 1.61. The van der Waals surface area contributed by atoms with Crippen LogP contribution in [0.2, 0.25) is 0 Å². The number of nitrogens with one attached hydrogen (secondary N) is 1. The second-order valence-electron chi connectivity index (χ2n) is 6.86. The van der Waals surface area contributed by atoms with Crippen molar-refractivity contribution in [2.75, 3.05) is 19.6 Å². The molecule has 3 heteroatoms. The summed E-state index contributed by atoms with van der Waals surface area (Å²) in [6, 6.07) is 3.78. The third-order valence-electron chi connectivity index (χ3n) is 5.49. The molecule has 2 aliphatic rings. The van der Waals surface area contributed by atoms with Gasteiger partial charge in [0.05, 0.1) is 0 Å². The summed E-state index contributed by atoms with van der Waals surface area (Å²) in [5.41, 5.74) is 1.52. The third kappa shape index (κ3) is 4.08. The molecule has 2 fully saturated rings. The molecule has 0 bridgehead atoms. The van der Waals surface area contributed by atoms with E-state index in [0.717, 1.165) is 12.0 Å². The van der Waals surface area contributed by atoms with Crippen LogP contribution in [-0.2, 0) is 6.42 Å². The largest absolute Gasteiger partial charge is 0.311 e. The van der Waals surface area contributed by atoms with Gasteiger partial charge in [0.1, 0.15) is 0 Å². The van der Waals surface area contributed by atoms with Gasteiger partial charge in [0.15, 0.2) is 0 Å². The van der Waals surface area contributed by atoms with Crippen molar-refractivity contribution >= 4 is 11.3 Å². The maximum absolute atomic E-state index is 3.80.